The molecule has 0 radical (unpaired) electrons. The first-order valence-electron chi connectivity index (χ1n) is 6.05. The van der Waals surface area contributed by atoms with Crippen molar-refractivity contribution >= 4 is 11.6 Å². The highest BCUT2D eigenvalue weighted by Gasteiger charge is 2.13. The fourth-order valence-electron chi connectivity index (χ4n) is 1.74. The van der Waals surface area contributed by atoms with Crippen molar-refractivity contribution in [2.75, 3.05) is 10.6 Å². The molecule has 2 aromatic rings. The maximum absolute atomic E-state index is 5.69. The molecule has 4 nitrogen and oxygen atoms in total. The molecular formula is C14H18N4. The SMILES string of the molecule is CC(C)N(Cc1ccc(N)cc1)c1ncccn1. The first-order chi connectivity index (χ1) is 8.66. The second kappa shape index (κ2) is 5.49. The number of nitrogen functional groups attached to an aromatic ring is 1. The van der Waals surface area contributed by atoms with Gasteiger partial charge >= 0.3 is 0 Å². The van der Waals surface area contributed by atoms with Crippen LogP contribution in [0.15, 0.2) is 42.7 Å². The minimum absolute atomic E-state index is 0.338. The summed E-state index contributed by atoms with van der Waals surface area (Å²) in [6.45, 7) is 5.04. The summed E-state index contributed by atoms with van der Waals surface area (Å²) in [6, 6.07) is 10.1. The standard InChI is InChI=1S/C14H18N4/c1-11(2)18(14-16-8-3-9-17-14)10-12-4-6-13(15)7-5-12/h3-9,11H,10,15H2,1-2H3. The van der Waals surface area contributed by atoms with Gasteiger partial charge in [-0.1, -0.05) is 12.1 Å². The molecule has 0 unspecified atom stereocenters. The molecule has 0 saturated heterocycles. The highest BCUT2D eigenvalue weighted by molar-refractivity contribution is 5.41. The van der Waals surface area contributed by atoms with Crippen molar-refractivity contribution in [1.82, 2.24) is 9.97 Å². The lowest BCUT2D eigenvalue weighted by molar-refractivity contribution is 0.660. The molecule has 2 rings (SSSR count). The molecule has 1 aromatic carbocycles. The van der Waals surface area contributed by atoms with E-state index in [2.05, 4.69) is 28.7 Å². The molecule has 94 valence electrons. The summed E-state index contributed by atoms with van der Waals surface area (Å²) in [5, 5.41) is 0. The highest BCUT2D eigenvalue weighted by Crippen LogP contribution is 2.15. The van der Waals surface area contributed by atoms with E-state index < -0.39 is 0 Å². The summed E-state index contributed by atoms with van der Waals surface area (Å²) in [6.07, 6.45) is 3.53. The molecule has 0 aliphatic rings. The van der Waals surface area contributed by atoms with Gasteiger partial charge in [0.2, 0.25) is 5.95 Å². The van der Waals surface area contributed by atoms with Gasteiger partial charge in [0.05, 0.1) is 0 Å². The van der Waals surface area contributed by atoms with Crippen LogP contribution >= 0.6 is 0 Å². The smallest absolute Gasteiger partial charge is 0.225 e. The van der Waals surface area contributed by atoms with Gasteiger partial charge in [-0.3, -0.25) is 0 Å². The summed E-state index contributed by atoms with van der Waals surface area (Å²) >= 11 is 0. The largest absolute Gasteiger partial charge is 0.399 e. The lowest BCUT2D eigenvalue weighted by Gasteiger charge is -2.26. The molecular weight excluding hydrogens is 224 g/mol. The van der Waals surface area contributed by atoms with Crippen molar-refractivity contribution in [1.29, 1.82) is 0 Å². The van der Waals surface area contributed by atoms with E-state index in [4.69, 9.17) is 5.73 Å². The third-order valence-electron chi connectivity index (χ3n) is 2.77. The molecule has 0 bridgehead atoms. The van der Waals surface area contributed by atoms with Crippen molar-refractivity contribution in [2.45, 2.75) is 26.4 Å². The number of rotatable bonds is 4. The van der Waals surface area contributed by atoms with Crippen LogP contribution in [-0.2, 0) is 6.54 Å². The number of benzene rings is 1. The van der Waals surface area contributed by atoms with Crippen molar-refractivity contribution in [2.24, 2.45) is 0 Å². The number of nitrogens with two attached hydrogens (primary N) is 1. The summed E-state index contributed by atoms with van der Waals surface area (Å²) in [5.74, 6) is 0.754. The van der Waals surface area contributed by atoms with Gasteiger partial charge < -0.3 is 10.6 Å². The molecule has 0 atom stereocenters. The summed E-state index contributed by atoms with van der Waals surface area (Å²) < 4.78 is 0. The number of nitrogens with zero attached hydrogens (tertiary/aromatic N) is 3. The lowest BCUT2D eigenvalue weighted by atomic mass is 10.2. The molecule has 2 N–H and O–H groups in total. The Hall–Kier alpha value is -2.10. The second-order valence-electron chi connectivity index (χ2n) is 4.51. The Bertz CT molecular complexity index is 479. The number of hydrogen-bond acceptors (Lipinski definition) is 4. The zero-order valence-corrected chi connectivity index (χ0v) is 10.7. The highest BCUT2D eigenvalue weighted by atomic mass is 15.3. The third-order valence-corrected chi connectivity index (χ3v) is 2.77. The lowest BCUT2D eigenvalue weighted by Crippen LogP contribution is -2.31. The van der Waals surface area contributed by atoms with Gasteiger partial charge in [0.25, 0.3) is 0 Å². The van der Waals surface area contributed by atoms with Crippen LogP contribution in [-0.4, -0.2) is 16.0 Å². The van der Waals surface area contributed by atoms with Crippen molar-refractivity contribution < 1.29 is 0 Å². The Morgan fingerprint density at radius 1 is 1.11 bits per heavy atom. The maximum atomic E-state index is 5.69. The van der Waals surface area contributed by atoms with Crippen LogP contribution < -0.4 is 10.6 Å². The van der Waals surface area contributed by atoms with Crippen LogP contribution in [0.25, 0.3) is 0 Å². The van der Waals surface area contributed by atoms with Gasteiger partial charge in [-0.15, -0.1) is 0 Å². The van der Waals surface area contributed by atoms with E-state index in [1.165, 1.54) is 5.56 Å². The van der Waals surface area contributed by atoms with E-state index in [0.29, 0.717) is 6.04 Å². The van der Waals surface area contributed by atoms with E-state index in [-0.39, 0.29) is 0 Å². The van der Waals surface area contributed by atoms with Gasteiger partial charge in [0.1, 0.15) is 0 Å². The first kappa shape index (κ1) is 12.4. The Morgan fingerprint density at radius 3 is 2.28 bits per heavy atom. The molecule has 1 heterocycles. The second-order valence-corrected chi connectivity index (χ2v) is 4.51. The van der Waals surface area contributed by atoms with E-state index in [1.807, 2.05) is 30.3 Å². The molecule has 0 spiro atoms. The quantitative estimate of drug-likeness (QED) is 0.837. The van der Waals surface area contributed by atoms with E-state index in [1.54, 1.807) is 12.4 Å². The Balaban J connectivity index is 2.19. The molecule has 0 aliphatic carbocycles. The topological polar surface area (TPSA) is 55.0 Å². The number of hydrogen-bond donors (Lipinski definition) is 1. The predicted octanol–water partition coefficient (Wildman–Crippen LogP) is 2.47. The van der Waals surface area contributed by atoms with Crippen LogP contribution in [0.4, 0.5) is 11.6 Å². The van der Waals surface area contributed by atoms with Gasteiger partial charge in [0.15, 0.2) is 0 Å². The van der Waals surface area contributed by atoms with Crippen LogP contribution in [0.1, 0.15) is 19.4 Å². The zero-order chi connectivity index (χ0) is 13.0. The van der Waals surface area contributed by atoms with E-state index in [0.717, 1.165) is 18.2 Å². The van der Waals surface area contributed by atoms with Crippen LogP contribution in [0, 0.1) is 0 Å². The van der Waals surface area contributed by atoms with Gasteiger partial charge in [-0.2, -0.15) is 0 Å². The number of anilines is 2. The first-order valence-corrected chi connectivity index (χ1v) is 6.05. The van der Waals surface area contributed by atoms with E-state index >= 15 is 0 Å². The van der Waals surface area contributed by atoms with Gasteiger partial charge in [0, 0.05) is 30.7 Å². The summed E-state index contributed by atoms with van der Waals surface area (Å²) in [7, 11) is 0. The maximum Gasteiger partial charge on any atom is 0.225 e. The molecule has 1 aromatic heterocycles. The molecule has 0 aliphatic heterocycles. The van der Waals surface area contributed by atoms with Crippen LogP contribution in [0.5, 0.6) is 0 Å². The fourth-order valence-corrected chi connectivity index (χ4v) is 1.74. The van der Waals surface area contributed by atoms with Crippen molar-refractivity contribution in [3.05, 3.63) is 48.3 Å². The molecule has 0 saturated carbocycles. The van der Waals surface area contributed by atoms with Gasteiger partial charge in [-0.25, -0.2) is 9.97 Å². The number of aromatic nitrogens is 2. The Morgan fingerprint density at radius 2 is 1.72 bits per heavy atom. The van der Waals surface area contributed by atoms with Crippen molar-refractivity contribution in [3.8, 4) is 0 Å². The minimum Gasteiger partial charge on any atom is -0.399 e. The molecule has 4 heteroatoms. The average molecular weight is 242 g/mol. The Kier molecular flexibility index (Phi) is 3.77. The normalized spacial score (nSPS) is 10.6. The zero-order valence-electron chi connectivity index (χ0n) is 10.7. The molecule has 18 heavy (non-hydrogen) atoms. The fraction of sp³-hybridized carbons (Fsp3) is 0.286. The minimum atomic E-state index is 0.338. The van der Waals surface area contributed by atoms with Crippen molar-refractivity contribution in [3.63, 3.8) is 0 Å². The summed E-state index contributed by atoms with van der Waals surface area (Å²) in [4.78, 5) is 10.8. The van der Waals surface area contributed by atoms with Crippen LogP contribution in [0.2, 0.25) is 0 Å². The Labute approximate surface area is 107 Å². The summed E-state index contributed by atoms with van der Waals surface area (Å²) in [5.41, 5.74) is 7.67. The monoisotopic (exact) mass is 242 g/mol. The van der Waals surface area contributed by atoms with Gasteiger partial charge in [-0.05, 0) is 37.6 Å². The third kappa shape index (κ3) is 2.97. The van der Waals surface area contributed by atoms with Crippen LogP contribution in [0.3, 0.4) is 0 Å². The predicted molar refractivity (Wildman–Crippen MR) is 74.2 cm³/mol. The molecule has 0 fully saturated rings. The average Bonchev–Trinajstić information content (AvgIpc) is 2.38. The van der Waals surface area contributed by atoms with E-state index in [9.17, 15) is 0 Å². The molecule has 0 amide bonds.